The number of nitrogens with one attached hydrogen (secondary N) is 9. The summed E-state index contributed by atoms with van der Waals surface area (Å²) in [7, 11) is -13.8. The molecule has 0 radical (unpaired) electrons. The summed E-state index contributed by atoms with van der Waals surface area (Å²) < 4.78 is 128. The lowest BCUT2D eigenvalue weighted by Crippen LogP contribution is -2.56. The van der Waals surface area contributed by atoms with Gasteiger partial charge in [-0.25, -0.2) is 55.6 Å². The molecule has 0 spiro atoms. The van der Waals surface area contributed by atoms with Gasteiger partial charge in [0.05, 0.1) is 132 Å². The summed E-state index contributed by atoms with van der Waals surface area (Å²) in [5.41, 5.74) is 13.5. The van der Waals surface area contributed by atoms with Crippen molar-refractivity contribution in [1.82, 2.24) is 84.0 Å². The Balaban J connectivity index is 0.000000229. The third-order valence-corrected chi connectivity index (χ3v) is 31.7. The van der Waals surface area contributed by atoms with E-state index in [0.717, 1.165) is 51.2 Å². The summed E-state index contributed by atoms with van der Waals surface area (Å²) in [6, 6.07) is 16.3. The van der Waals surface area contributed by atoms with Crippen LogP contribution in [0.15, 0.2) is 163 Å². The normalized spacial score (nSPS) is 14.7. The van der Waals surface area contributed by atoms with E-state index >= 15 is 0 Å². The number of hydroxylamine groups is 4. The fraction of sp³-hybridized carbons (Fsp3) is 0.429. The fourth-order valence-corrected chi connectivity index (χ4v) is 22.3. The van der Waals surface area contributed by atoms with Crippen LogP contribution in [0.2, 0.25) is 0 Å². The van der Waals surface area contributed by atoms with E-state index in [2.05, 4.69) is 46.5 Å². The second-order valence-corrected chi connectivity index (χ2v) is 43.1. The molecule has 56 heteroatoms. The standard InChI is InChI=1S/C22H32N6O6S2.C22H29N5O7S2.C21H27N5O7S2.C19H23N5O7S2/c1-15(2)12-28(18(21(30)26-32)9-10-24-20(29)13-27(3)4)36(33,34)17-7-5-16(6-8-17)25-22(31)19-11-23-14-35-19;1-3-15(2)20(22(30)25-31)27(13-19(28)26-8-10-34-11-9-26)36(32,33)17-6-4-16(5-7-17)24-21(29)18-12-23-14-35-18;1-14(2)19(21(29)24-30)26(12-18(27)25-7-9-33-10-8-25)35(31,32)16-5-3-15(4-6-16)23-20(28)17-11-22-13-34-17;1-13(18(26)22-28)24(11-17(25)23-6-8-31-9-7-23)33(29,30)15-4-2-14(3-5-15)21-19(27)16-10-20-12-32-16/h5-8,11,14-15,18,32H,9-10,12-13H2,1-4H3,(H,24,29)(H,25,31)(H,26,30);4-7,12,14-15,20,31H,3,8-11,13H2,1-2H3,(H,24,29)(H,25,30);3-6,11,13-14,19,30H,7-10,12H2,1-2H3,(H,23,28)(H,24,29);2-5,10,12-13,28H,6-9,11H2,1H3,(H,21,27)(H,22,26). The van der Waals surface area contributed by atoms with Gasteiger partial charge in [0.15, 0.2) is 0 Å². The van der Waals surface area contributed by atoms with Gasteiger partial charge < -0.3 is 60.4 Å². The van der Waals surface area contributed by atoms with E-state index in [1.54, 1.807) is 60.5 Å². The Hall–Kier alpha value is -11.6. The number of hydrogen-bond acceptors (Lipinski definition) is 36. The number of morpholine rings is 3. The van der Waals surface area contributed by atoms with Crippen molar-refractivity contribution in [1.29, 1.82) is 0 Å². The molecule has 3 fully saturated rings. The van der Waals surface area contributed by atoms with Gasteiger partial charge in [0.25, 0.3) is 47.3 Å². The minimum Gasteiger partial charge on any atom is -0.378 e. The topological polar surface area (TPSA) is 636 Å². The lowest BCUT2D eigenvalue weighted by Gasteiger charge is -2.35. The number of amides is 12. The number of nitrogens with zero attached hydrogens (tertiary/aromatic N) is 12. The van der Waals surface area contributed by atoms with Crippen LogP contribution in [-0.4, -0.2) is 339 Å². The quantitative estimate of drug-likeness (QED) is 0.0194. The van der Waals surface area contributed by atoms with E-state index in [0.29, 0.717) is 128 Å². The molecule has 5 atom stereocenters. The molecule has 3 aliphatic heterocycles. The smallest absolute Gasteiger partial charge is 0.267 e. The molecule has 0 aliphatic carbocycles. The van der Waals surface area contributed by atoms with Crippen LogP contribution in [0.4, 0.5) is 22.7 Å². The maximum atomic E-state index is 13.7. The Morgan fingerprint density at radius 1 is 0.393 bits per heavy atom. The van der Waals surface area contributed by atoms with Crippen molar-refractivity contribution in [2.75, 3.05) is 154 Å². The van der Waals surface area contributed by atoms with E-state index < -0.39 is 137 Å². The number of hydrogen-bond donors (Lipinski definition) is 13. The first kappa shape index (κ1) is 114. The number of likely N-dealkylation sites (N-methyl/N-ethyl adjacent to an activating group) is 1. The maximum absolute atomic E-state index is 13.7. The van der Waals surface area contributed by atoms with Crippen molar-refractivity contribution >= 4 is 179 Å². The van der Waals surface area contributed by atoms with E-state index in [-0.39, 0.29) is 81.1 Å². The second-order valence-electron chi connectivity index (χ2n) is 32.0. The Bertz CT molecular complexity index is 5930. The summed E-state index contributed by atoms with van der Waals surface area (Å²) in [5, 5.41) is 50.1. The van der Waals surface area contributed by atoms with Gasteiger partial charge in [-0.2, -0.15) is 17.2 Å². The molecule has 7 heterocycles. The Morgan fingerprint density at radius 2 is 0.679 bits per heavy atom. The van der Waals surface area contributed by atoms with Crippen LogP contribution in [0.5, 0.6) is 0 Å². The molecule has 8 aromatic rings. The summed E-state index contributed by atoms with van der Waals surface area (Å²) in [6.07, 6.45) is 6.04. The number of aromatic nitrogens is 4. The first-order chi connectivity index (χ1) is 66.5. The van der Waals surface area contributed by atoms with Gasteiger partial charge in [0.1, 0.15) is 43.7 Å². The second kappa shape index (κ2) is 54.4. The highest BCUT2D eigenvalue weighted by Gasteiger charge is 2.44. The molecule has 12 amide bonds. The van der Waals surface area contributed by atoms with E-state index in [1.165, 1.54) is 199 Å². The molecule has 4 aromatic heterocycles. The van der Waals surface area contributed by atoms with Crippen molar-refractivity contribution in [3.8, 4) is 0 Å². The molecule has 13 N–H and O–H groups in total. The SMILES string of the molecule is CC(C(=O)NO)N(CC(=O)N1CCOCC1)S(=O)(=O)c1ccc(NC(=O)c2cncs2)cc1.CC(C)C(C(=O)NO)N(CC(=O)N1CCOCC1)S(=O)(=O)c1ccc(NC(=O)c2cncs2)cc1.CC(C)CN(C(CCNC(=O)CN(C)C)C(=O)NO)S(=O)(=O)c1ccc(NC(=O)c2cncs2)cc1.CCC(C)C(C(=O)NO)N(CC(=O)N1CCOCC1)S(=O)(=O)c1ccc(NC(=O)c2cncs2)cc1. The van der Waals surface area contributed by atoms with Crippen molar-refractivity contribution in [2.45, 2.75) is 105 Å². The zero-order valence-corrected chi connectivity index (χ0v) is 83.9. The molecule has 4 aromatic carbocycles. The van der Waals surface area contributed by atoms with E-state index in [1.807, 2.05) is 0 Å². The Labute approximate surface area is 823 Å². The predicted octanol–water partition coefficient (Wildman–Crippen LogP) is 3.06. The predicted molar refractivity (Wildman–Crippen MR) is 510 cm³/mol. The van der Waals surface area contributed by atoms with Gasteiger partial charge in [-0.15, -0.1) is 45.3 Å². The minimum absolute atomic E-state index is 0.00404. The first-order valence-electron chi connectivity index (χ1n) is 43.0. The van der Waals surface area contributed by atoms with Gasteiger partial charge in [-0.05, 0) is 142 Å². The number of carbonyl (C=O) groups is 12. The van der Waals surface area contributed by atoms with Gasteiger partial charge in [-0.3, -0.25) is 98.3 Å². The zero-order chi connectivity index (χ0) is 103. The van der Waals surface area contributed by atoms with Crippen LogP contribution in [0.25, 0.3) is 0 Å². The molecule has 3 aliphatic rings. The molecule has 762 valence electrons. The molecule has 5 unspecified atom stereocenters. The number of thiazole rings is 4. The number of ether oxygens (including phenoxy) is 3. The monoisotopic (exact) mass is 2100 g/mol. The average molecular weight is 2100 g/mol. The van der Waals surface area contributed by atoms with Crippen LogP contribution < -0.4 is 48.5 Å². The van der Waals surface area contributed by atoms with Crippen molar-refractivity contribution < 1.29 is 126 Å². The number of sulfonamides is 4. The lowest BCUT2D eigenvalue weighted by atomic mass is 9.98. The lowest BCUT2D eigenvalue weighted by molar-refractivity contribution is -0.140. The van der Waals surface area contributed by atoms with Gasteiger partial charge in [-0.1, -0.05) is 48.0 Å². The first-order valence-corrected chi connectivity index (χ1v) is 52.3. The maximum Gasteiger partial charge on any atom is 0.267 e. The highest BCUT2D eigenvalue weighted by molar-refractivity contribution is 7.90. The van der Waals surface area contributed by atoms with E-state index in [4.69, 9.17) is 19.4 Å². The number of benzene rings is 4. The highest BCUT2D eigenvalue weighted by atomic mass is 32.2. The number of rotatable bonds is 40. The molecule has 140 heavy (non-hydrogen) atoms. The average Bonchev–Trinajstić information content (AvgIpc) is 0.958. The van der Waals surface area contributed by atoms with Gasteiger partial charge in [0, 0.05) is 75.1 Å². The van der Waals surface area contributed by atoms with Crippen LogP contribution in [-0.2, 0) is 92.7 Å². The van der Waals surface area contributed by atoms with Gasteiger partial charge >= 0.3 is 0 Å². The number of carbonyl (C=O) groups excluding carboxylic acids is 12. The van der Waals surface area contributed by atoms with Gasteiger partial charge in [0.2, 0.25) is 63.7 Å². The van der Waals surface area contributed by atoms with Crippen molar-refractivity contribution in [2.24, 2.45) is 17.8 Å². The molecular formula is C84H111N21O27S8. The summed E-state index contributed by atoms with van der Waals surface area (Å²) in [6.45, 7) is 13.7. The molecule has 0 saturated carbocycles. The van der Waals surface area contributed by atoms with E-state index in [9.17, 15) is 107 Å². The molecule has 3 saturated heterocycles. The third kappa shape index (κ3) is 32.2. The summed E-state index contributed by atoms with van der Waals surface area (Å²) >= 11 is 4.66. The molecule has 48 nitrogen and oxygen atoms in total. The highest BCUT2D eigenvalue weighted by Crippen LogP contribution is 2.31. The van der Waals surface area contributed by atoms with Crippen molar-refractivity contribution in [3.05, 3.63) is 163 Å². The van der Waals surface area contributed by atoms with Crippen LogP contribution in [0.1, 0.15) is 100.0 Å². The van der Waals surface area contributed by atoms with Crippen LogP contribution in [0.3, 0.4) is 0 Å². The summed E-state index contributed by atoms with van der Waals surface area (Å²) in [4.78, 5) is 171. The minimum atomic E-state index is -4.37. The fourth-order valence-electron chi connectivity index (χ4n) is 13.6. The Morgan fingerprint density at radius 3 is 0.950 bits per heavy atom. The third-order valence-electron chi connectivity index (χ3n) is 21.1. The molecule has 11 rings (SSSR count). The van der Waals surface area contributed by atoms with Crippen molar-refractivity contribution in [3.63, 3.8) is 0 Å². The van der Waals surface area contributed by atoms with Crippen LogP contribution >= 0.6 is 45.3 Å². The zero-order valence-electron chi connectivity index (χ0n) is 77.4. The largest absolute Gasteiger partial charge is 0.378 e. The van der Waals surface area contributed by atoms with Crippen LogP contribution in [0, 0.1) is 17.8 Å². The Kier molecular flexibility index (Phi) is 44.1. The summed E-state index contributed by atoms with van der Waals surface area (Å²) in [5.74, 6) is -8.27. The number of anilines is 4. The molecule has 0 bridgehead atoms. The molecular weight excluding hydrogens is 1990 g/mol.